The van der Waals surface area contributed by atoms with Crippen LogP contribution in [0.2, 0.25) is 0 Å². The van der Waals surface area contributed by atoms with E-state index >= 15 is 4.39 Å². The number of amides is 1. The number of ether oxygens (including phenoxy) is 1. The summed E-state index contributed by atoms with van der Waals surface area (Å²) in [5.74, 6) is 1.60. The summed E-state index contributed by atoms with van der Waals surface area (Å²) in [4.78, 5) is 23.3. The van der Waals surface area contributed by atoms with Crippen LogP contribution in [0.3, 0.4) is 0 Å². The fourth-order valence-corrected chi connectivity index (χ4v) is 6.13. The molecule has 2 saturated heterocycles. The maximum absolute atomic E-state index is 15.7. The molecule has 2 aliphatic heterocycles. The summed E-state index contributed by atoms with van der Waals surface area (Å²) in [5.41, 5.74) is 8.02. The monoisotopic (exact) mass is 559 g/mol. The molecule has 0 spiro atoms. The molecule has 0 aliphatic carbocycles. The quantitative estimate of drug-likeness (QED) is 0.327. The van der Waals surface area contributed by atoms with Crippen LogP contribution in [-0.2, 0) is 6.54 Å². The molecule has 3 N–H and O–H groups in total. The predicted octanol–water partition coefficient (Wildman–Crippen LogP) is 4.92. The number of likely N-dealkylation sites (tertiary alicyclic amines) is 2. The Morgan fingerprint density at radius 2 is 1.78 bits per heavy atom. The lowest BCUT2D eigenvalue weighted by Crippen LogP contribution is -2.63. The Bertz CT molecular complexity index is 1540. The second-order valence-electron chi connectivity index (χ2n) is 11.6. The van der Waals surface area contributed by atoms with Crippen molar-refractivity contribution < 1.29 is 19.0 Å². The van der Waals surface area contributed by atoms with Crippen molar-refractivity contribution in [2.75, 3.05) is 31.9 Å². The lowest BCUT2D eigenvalue weighted by atomic mass is 9.72. The van der Waals surface area contributed by atoms with E-state index in [0.717, 1.165) is 17.9 Å². The molecule has 11 heteroatoms. The number of nitrogens with zero attached hydrogens (tertiary/aromatic N) is 6. The summed E-state index contributed by atoms with van der Waals surface area (Å²) in [6.07, 6.45) is 0.166. The Hall–Kier alpha value is -4.25. The molecule has 2 atom stereocenters. The largest absolute Gasteiger partial charge is 0.465 e. The Morgan fingerprint density at radius 3 is 2.46 bits per heavy atom. The molecule has 0 saturated carbocycles. The lowest BCUT2D eigenvalue weighted by molar-refractivity contribution is -0.0370. The van der Waals surface area contributed by atoms with Gasteiger partial charge in [-0.15, -0.1) is 0 Å². The van der Waals surface area contributed by atoms with Crippen molar-refractivity contribution in [1.29, 1.82) is 0 Å². The standard InChI is InChI=1S/C30H34FN7O3/c1-30(2,23-12-13-36(16-24(23)31)20-14-37(15-20)29(39)40)17-38-28-25(27(32)33-18-34-28)26(35-38)19-8-10-22(11-9-19)41-21-6-4-3-5-7-21/h3-11,18,20,23-24H,12-17H2,1-2H3,(H,39,40)(H2,32,33,34)/t23-,24+/m1/s1. The fraction of sp³-hybridized carbons (Fsp3) is 0.400. The average molecular weight is 560 g/mol. The Morgan fingerprint density at radius 1 is 1.07 bits per heavy atom. The maximum atomic E-state index is 15.7. The molecule has 4 heterocycles. The molecule has 2 aromatic heterocycles. The van der Waals surface area contributed by atoms with Gasteiger partial charge in [0.2, 0.25) is 0 Å². The summed E-state index contributed by atoms with van der Waals surface area (Å²) in [7, 11) is 0. The van der Waals surface area contributed by atoms with Crippen molar-refractivity contribution in [3.05, 3.63) is 60.9 Å². The number of nitrogens with two attached hydrogens (primary N) is 1. The Kier molecular flexibility index (Phi) is 6.98. The zero-order chi connectivity index (χ0) is 28.7. The molecule has 41 heavy (non-hydrogen) atoms. The first-order valence-electron chi connectivity index (χ1n) is 13.9. The number of carboxylic acid groups (broad SMARTS) is 1. The smallest absolute Gasteiger partial charge is 0.407 e. The van der Waals surface area contributed by atoms with Crippen LogP contribution >= 0.6 is 0 Å². The number of fused-ring (bicyclic) bond motifs is 1. The number of carbonyl (C=O) groups is 1. The zero-order valence-electron chi connectivity index (χ0n) is 23.2. The van der Waals surface area contributed by atoms with Crippen LogP contribution in [0, 0.1) is 11.3 Å². The number of rotatable bonds is 7. The molecule has 0 radical (unpaired) electrons. The third kappa shape index (κ3) is 5.29. The summed E-state index contributed by atoms with van der Waals surface area (Å²) < 4.78 is 23.4. The van der Waals surface area contributed by atoms with Crippen molar-refractivity contribution >= 4 is 22.9 Å². The van der Waals surface area contributed by atoms with Gasteiger partial charge in [-0.25, -0.2) is 23.8 Å². The molecule has 6 rings (SSSR count). The first-order valence-corrected chi connectivity index (χ1v) is 13.9. The van der Waals surface area contributed by atoms with Gasteiger partial charge in [0.1, 0.15) is 35.5 Å². The molecule has 2 aliphatic rings. The van der Waals surface area contributed by atoms with Gasteiger partial charge in [-0.2, -0.15) is 5.10 Å². The average Bonchev–Trinajstić information content (AvgIpc) is 3.27. The number of hydrogen-bond donors (Lipinski definition) is 2. The first-order chi connectivity index (χ1) is 19.7. The third-order valence-electron chi connectivity index (χ3n) is 8.45. The molecule has 4 aromatic rings. The predicted molar refractivity (Wildman–Crippen MR) is 153 cm³/mol. The number of alkyl halides is 1. The molecule has 2 fully saturated rings. The zero-order valence-corrected chi connectivity index (χ0v) is 23.2. The molecule has 1 amide bonds. The van der Waals surface area contributed by atoms with Crippen LogP contribution in [-0.4, -0.2) is 79.1 Å². The number of halogens is 1. The molecular weight excluding hydrogens is 525 g/mol. The lowest BCUT2D eigenvalue weighted by Gasteiger charge is -2.49. The van der Waals surface area contributed by atoms with Crippen molar-refractivity contribution in [2.45, 2.75) is 39.0 Å². The van der Waals surface area contributed by atoms with Gasteiger partial charge in [-0.3, -0.25) is 4.90 Å². The second-order valence-corrected chi connectivity index (χ2v) is 11.6. The van der Waals surface area contributed by atoms with Gasteiger partial charge in [0.15, 0.2) is 5.65 Å². The van der Waals surface area contributed by atoms with Crippen LogP contribution < -0.4 is 10.5 Å². The summed E-state index contributed by atoms with van der Waals surface area (Å²) in [6.45, 7) is 6.54. The van der Waals surface area contributed by atoms with Crippen molar-refractivity contribution in [2.24, 2.45) is 11.3 Å². The van der Waals surface area contributed by atoms with Gasteiger partial charge >= 0.3 is 6.09 Å². The number of piperidine rings is 1. The number of nitrogen functional groups attached to an aromatic ring is 1. The number of benzene rings is 2. The van der Waals surface area contributed by atoms with E-state index < -0.39 is 17.7 Å². The SMILES string of the molecule is CC(C)(Cn1nc(-c2ccc(Oc3ccccc3)cc2)c2c(N)ncnc21)[C@@H]1CCN(C2CN(C(=O)O)C2)C[C@@H]1F. The van der Waals surface area contributed by atoms with Crippen LogP contribution in [0.25, 0.3) is 22.3 Å². The second kappa shape index (κ2) is 10.6. The number of anilines is 1. The molecule has 10 nitrogen and oxygen atoms in total. The fourth-order valence-electron chi connectivity index (χ4n) is 6.13. The highest BCUT2D eigenvalue weighted by Gasteiger charge is 2.44. The minimum Gasteiger partial charge on any atom is -0.465 e. The van der Waals surface area contributed by atoms with Gasteiger partial charge in [-0.05, 0) is 60.7 Å². The van der Waals surface area contributed by atoms with E-state index in [1.54, 1.807) is 0 Å². The maximum Gasteiger partial charge on any atom is 0.407 e. The molecule has 0 bridgehead atoms. The normalized spacial score (nSPS) is 20.2. The summed E-state index contributed by atoms with van der Waals surface area (Å²) in [5, 5.41) is 14.7. The van der Waals surface area contributed by atoms with Crippen molar-refractivity contribution in [3.8, 4) is 22.8 Å². The highest BCUT2D eigenvalue weighted by Crippen LogP contribution is 2.40. The topological polar surface area (TPSA) is 123 Å². The van der Waals surface area contributed by atoms with Gasteiger partial charge < -0.3 is 20.5 Å². The van der Waals surface area contributed by atoms with Gasteiger partial charge in [0.25, 0.3) is 0 Å². The number of aromatic nitrogens is 4. The highest BCUT2D eigenvalue weighted by atomic mass is 19.1. The molecular formula is C30H34FN7O3. The van der Waals surface area contributed by atoms with E-state index in [1.807, 2.05) is 59.3 Å². The van der Waals surface area contributed by atoms with Gasteiger partial charge in [0.05, 0.1) is 5.39 Å². The van der Waals surface area contributed by atoms with E-state index in [2.05, 4.69) is 28.7 Å². The van der Waals surface area contributed by atoms with Gasteiger partial charge in [0, 0.05) is 37.8 Å². The number of para-hydroxylation sites is 1. The summed E-state index contributed by atoms with van der Waals surface area (Å²) in [6, 6.07) is 17.3. The van der Waals surface area contributed by atoms with Crippen LogP contribution in [0.4, 0.5) is 15.0 Å². The Balaban J connectivity index is 1.21. The van der Waals surface area contributed by atoms with E-state index in [0.29, 0.717) is 60.9 Å². The van der Waals surface area contributed by atoms with Crippen molar-refractivity contribution in [3.63, 3.8) is 0 Å². The van der Waals surface area contributed by atoms with E-state index in [9.17, 15) is 4.79 Å². The van der Waals surface area contributed by atoms with E-state index in [4.69, 9.17) is 20.7 Å². The summed E-state index contributed by atoms with van der Waals surface area (Å²) >= 11 is 0. The minimum absolute atomic E-state index is 0.0928. The Labute approximate surface area is 237 Å². The van der Waals surface area contributed by atoms with Crippen LogP contribution in [0.1, 0.15) is 20.3 Å². The third-order valence-corrected chi connectivity index (χ3v) is 8.45. The van der Waals surface area contributed by atoms with E-state index in [-0.39, 0.29) is 12.0 Å². The van der Waals surface area contributed by atoms with Gasteiger partial charge in [-0.1, -0.05) is 32.0 Å². The van der Waals surface area contributed by atoms with Crippen LogP contribution in [0.5, 0.6) is 11.5 Å². The van der Waals surface area contributed by atoms with Crippen molar-refractivity contribution in [1.82, 2.24) is 29.5 Å². The first kappa shape index (κ1) is 26.9. The molecule has 0 unspecified atom stereocenters. The van der Waals surface area contributed by atoms with Crippen LogP contribution in [0.15, 0.2) is 60.9 Å². The van der Waals surface area contributed by atoms with E-state index in [1.165, 1.54) is 11.2 Å². The number of hydrogen-bond acceptors (Lipinski definition) is 7. The minimum atomic E-state index is -1.03. The molecule has 214 valence electrons. The molecule has 2 aromatic carbocycles. The highest BCUT2D eigenvalue weighted by molar-refractivity contribution is 5.98.